The van der Waals surface area contributed by atoms with Crippen molar-refractivity contribution in [2.45, 2.75) is 23.8 Å². The monoisotopic (exact) mass is 244 g/mol. The van der Waals surface area contributed by atoms with E-state index < -0.39 is 15.8 Å². The zero-order valence-corrected chi connectivity index (χ0v) is 9.64. The van der Waals surface area contributed by atoms with E-state index in [-0.39, 0.29) is 4.90 Å². The minimum absolute atomic E-state index is 0.0399. The average Bonchev–Trinajstić information content (AvgIpc) is 3.04. The number of rotatable bonds is 4. The van der Waals surface area contributed by atoms with Gasteiger partial charge in [-0.05, 0) is 38.1 Å². The predicted octanol–water partition coefficient (Wildman–Crippen LogP) is 1.31. The summed E-state index contributed by atoms with van der Waals surface area (Å²) in [5.74, 6) is -0.560. The van der Waals surface area contributed by atoms with Crippen LogP contribution in [0, 0.1) is 5.82 Å². The summed E-state index contributed by atoms with van der Waals surface area (Å²) in [5, 5.41) is 3.07. The van der Waals surface area contributed by atoms with Crippen molar-refractivity contribution in [2.75, 3.05) is 12.4 Å². The molecule has 1 aliphatic carbocycles. The maximum atomic E-state index is 13.0. The zero-order valence-electron chi connectivity index (χ0n) is 8.83. The number of halogens is 1. The lowest BCUT2D eigenvalue weighted by molar-refractivity contribution is 0.584. The van der Waals surface area contributed by atoms with E-state index in [4.69, 9.17) is 0 Å². The molecule has 88 valence electrons. The lowest BCUT2D eigenvalue weighted by atomic mass is 10.3. The standard InChI is InChI=1S/C10H13FN2O2S/c1-12-16(14,15)10-6-7(11)2-5-9(10)13-8-3-4-8/h2,5-6,8,12-13H,3-4H2,1H3. The van der Waals surface area contributed by atoms with Gasteiger partial charge in [-0.25, -0.2) is 17.5 Å². The number of benzene rings is 1. The first kappa shape index (κ1) is 11.3. The van der Waals surface area contributed by atoms with E-state index in [1.807, 2.05) is 0 Å². The van der Waals surface area contributed by atoms with Crippen LogP contribution in [-0.2, 0) is 10.0 Å². The van der Waals surface area contributed by atoms with Crippen LogP contribution in [0.2, 0.25) is 0 Å². The van der Waals surface area contributed by atoms with Crippen LogP contribution in [0.15, 0.2) is 23.1 Å². The molecule has 0 bridgehead atoms. The minimum atomic E-state index is -3.62. The summed E-state index contributed by atoms with van der Waals surface area (Å²) in [6.45, 7) is 0. The summed E-state index contributed by atoms with van der Waals surface area (Å²) < 4.78 is 38.5. The molecule has 2 N–H and O–H groups in total. The van der Waals surface area contributed by atoms with Crippen LogP contribution < -0.4 is 10.0 Å². The quantitative estimate of drug-likeness (QED) is 0.839. The van der Waals surface area contributed by atoms with Crippen LogP contribution >= 0.6 is 0 Å². The first-order chi connectivity index (χ1) is 7.53. The Morgan fingerprint density at radius 1 is 1.38 bits per heavy atom. The smallest absolute Gasteiger partial charge is 0.242 e. The third kappa shape index (κ3) is 2.33. The molecule has 0 amide bonds. The summed E-state index contributed by atoms with van der Waals surface area (Å²) in [7, 11) is -2.32. The number of nitrogens with one attached hydrogen (secondary N) is 2. The van der Waals surface area contributed by atoms with Crippen molar-refractivity contribution in [3.05, 3.63) is 24.0 Å². The Bertz CT molecular complexity index is 498. The molecule has 4 nitrogen and oxygen atoms in total. The van der Waals surface area contributed by atoms with Crippen LogP contribution in [-0.4, -0.2) is 21.5 Å². The Kier molecular flexibility index (Phi) is 2.86. The number of hydrogen-bond acceptors (Lipinski definition) is 3. The van der Waals surface area contributed by atoms with Crippen molar-refractivity contribution >= 4 is 15.7 Å². The fourth-order valence-electron chi connectivity index (χ4n) is 1.40. The molecule has 0 aromatic heterocycles. The molecule has 1 saturated carbocycles. The van der Waals surface area contributed by atoms with Crippen molar-refractivity contribution < 1.29 is 12.8 Å². The fraction of sp³-hybridized carbons (Fsp3) is 0.400. The zero-order chi connectivity index (χ0) is 11.8. The Labute approximate surface area is 93.9 Å². The van der Waals surface area contributed by atoms with Gasteiger partial charge in [-0.15, -0.1) is 0 Å². The minimum Gasteiger partial charge on any atom is -0.381 e. The number of anilines is 1. The topological polar surface area (TPSA) is 58.2 Å². The molecule has 2 rings (SSSR count). The molecule has 16 heavy (non-hydrogen) atoms. The number of sulfonamides is 1. The molecule has 0 heterocycles. The highest BCUT2D eigenvalue weighted by molar-refractivity contribution is 7.89. The van der Waals surface area contributed by atoms with Crippen molar-refractivity contribution in [1.29, 1.82) is 0 Å². The molecule has 1 aromatic rings. The summed E-state index contributed by atoms with van der Waals surface area (Å²) >= 11 is 0. The van der Waals surface area contributed by atoms with Gasteiger partial charge in [-0.1, -0.05) is 0 Å². The van der Waals surface area contributed by atoms with Gasteiger partial charge >= 0.3 is 0 Å². The van der Waals surface area contributed by atoms with Gasteiger partial charge in [0.25, 0.3) is 0 Å². The maximum Gasteiger partial charge on any atom is 0.242 e. The van der Waals surface area contributed by atoms with Gasteiger partial charge in [-0.2, -0.15) is 0 Å². The molecule has 0 spiro atoms. The highest BCUT2D eigenvalue weighted by atomic mass is 32.2. The first-order valence-electron chi connectivity index (χ1n) is 5.02. The molecule has 1 aromatic carbocycles. The van der Waals surface area contributed by atoms with Crippen LogP contribution in [0.5, 0.6) is 0 Å². The second-order valence-electron chi connectivity index (χ2n) is 3.77. The molecule has 6 heteroatoms. The van der Waals surface area contributed by atoms with E-state index in [0.717, 1.165) is 18.9 Å². The van der Waals surface area contributed by atoms with Crippen LogP contribution in [0.25, 0.3) is 0 Å². The maximum absolute atomic E-state index is 13.0. The third-order valence-electron chi connectivity index (χ3n) is 2.44. The Balaban J connectivity index is 2.43. The molecule has 1 aliphatic rings. The summed E-state index contributed by atoms with van der Waals surface area (Å²) in [5.41, 5.74) is 0.457. The molecule has 0 atom stereocenters. The molecular formula is C10H13FN2O2S. The summed E-state index contributed by atoms with van der Waals surface area (Å²) in [6.07, 6.45) is 2.05. The Morgan fingerprint density at radius 2 is 2.06 bits per heavy atom. The van der Waals surface area contributed by atoms with E-state index >= 15 is 0 Å². The molecule has 0 unspecified atom stereocenters. The SMILES string of the molecule is CNS(=O)(=O)c1cc(F)ccc1NC1CC1. The largest absolute Gasteiger partial charge is 0.381 e. The van der Waals surface area contributed by atoms with Crippen LogP contribution in [0.3, 0.4) is 0 Å². The summed E-state index contributed by atoms with van der Waals surface area (Å²) in [4.78, 5) is -0.0399. The second-order valence-corrected chi connectivity index (χ2v) is 5.62. The normalized spacial score (nSPS) is 16.1. The van der Waals surface area contributed by atoms with Gasteiger partial charge in [0.2, 0.25) is 10.0 Å². The van der Waals surface area contributed by atoms with Crippen molar-refractivity contribution in [3.8, 4) is 0 Å². The average molecular weight is 244 g/mol. The lowest BCUT2D eigenvalue weighted by Crippen LogP contribution is -2.20. The highest BCUT2D eigenvalue weighted by Gasteiger charge is 2.25. The van der Waals surface area contributed by atoms with Crippen molar-refractivity contribution in [1.82, 2.24) is 4.72 Å². The first-order valence-corrected chi connectivity index (χ1v) is 6.51. The Hall–Kier alpha value is -1.14. The van der Waals surface area contributed by atoms with E-state index in [1.165, 1.54) is 19.2 Å². The fourth-order valence-corrected chi connectivity index (χ4v) is 2.30. The van der Waals surface area contributed by atoms with E-state index in [2.05, 4.69) is 10.0 Å². The molecule has 0 saturated heterocycles. The molecule has 1 fully saturated rings. The van der Waals surface area contributed by atoms with Gasteiger partial charge in [0.15, 0.2) is 0 Å². The van der Waals surface area contributed by atoms with E-state index in [1.54, 1.807) is 0 Å². The Morgan fingerprint density at radius 3 is 2.62 bits per heavy atom. The number of hydrogen-bond donors (Lipinski definition) is 2. The van der Waals surface area contributed by atoms with Gasteiger partial charge < -0.3 is 5.32 Å². The van der Waals surface area contributed by atoms with E-state index in [9.17, 15) is 12.8 Å². The van der Waals surface area contributed by atoms with Crippen molar-refractivity contribution in [2.24, 2.45) is 0 Å². The van der Waals surface area contributed by atoms with Gasteiger partial charge in [0.1, 0.15) is 10.7 Å². The molecule has 0 aliphatic heterocycles. The van der Waals surface area contributed by atoms with Gasteiger partial charge in [0, 0.05) is 6.04 Å². The van der Waals surface area contributed by atoms with Crippen LogP contribution in [0.4, 0.5) is 10.1 Å². The molecular weight excluding hydrogens is 231 g/mol. The van der Waals surface area contributed by atoms with Gasteiger partial charge in [0.05, 0.1) is 5.69 Å². The lowest BCUT2D eigenvalue weighted by Gasteiger charge is -2.11. The summed E-state index contributed by atoms with van der Waals surface area (Å²) in [6, 6.07) is 4.05. The second kappa shape index (κ2) is 4.03. The molecule has 0 radical (unpaired) electrons. The third-order valence-corrected chi connectivity index (χ3v) is 3.89. The van der Waals surface area contributed by atoms with Gasteiger partial charge in [-0.3, -0.25) is 0 Å². The predicted molar refractivity (Wildman–Crippen MR) is 59.3 cm³/mol. The highest BCUT2D eigenvalue weighted by Crippen LogP contribution is 2.29. The van der Waals surface area contributed by atoms with Crippen molar-refractivity contribution in [3.63, 3.8) is 0 Å². The van der Waals surface area contributed by atoms with Crippen LogP contribution in [0.1, 0.15) is 12.8 Å². The van der Waals surface area contributed by atoms with E-state index in [0.29, 0.717) is 11.7 Å².